The molecule has 3 atom stereocenters. The van der Waals surface area contributed by atoms with Crippen molar-refractivity contribution in [1.82, 2.24) is 10.6 Å². The summed E-state index contributed by atoms with van der Waals surface area (Å²) in [6.07, 6.45) is 5.26. The molecule has 0 aromatic heterocycles. The Bertz CT molecular complexity index is 268. The second-order valence-electron chi connectivity index (χ2n) is 5.55. The standard InChI is InChI=1S/C13H24N2O2/c1-9(2)15-13(16)5-6-14-8-10-7-11-3-4-12(10)17-11/h9-12,14H,3-8H2,1-2H3,(H,15,16). The first-order chi connectivity index (χ1) is 8.15. The summed E-state index contributed by atoms with van der Waals surface area (Å²) in [5, 5.41) is 6.27. The van der Waals surface area contributed by atoms with Crippen LogP contribution in [0.1, 0.15) is 39.5 Å². The van der Waals surface area contributed by atoms with E-state index in [1.807, 2.05) is 13.8 Å². The highest BCUT2D eigenvalue weighted by Crippen LogP contribution is 2.38. The number of ether oxygens (including phenoxy) is 1. The summed E-state index contributed by atoms with van der Waals surface area (Å²) < 4.78 is 5.80. The van der Waals surface area contributed by atoms with E-state index in [4.69, 9.17) is 4.74 Å². The fraction of sp³-hybridized carbons (Fsp3) is 0.923. The zero-order valence-corrected chi connectivity index (χ0v) is 10.9. The van der Waals surface area contributed by atoms with E-state index in [1.165, 1.54) is 19.3 Å². The van der Waals surface area contributed by atoms with Crippen LogP contribution >= 0.6 is 0 Å². The highest BCUT2D eigenvalue weighted by molar-refractivity contribution is 5.76. The van der Waals surface area contributed by atoms with Crippen LogP contribution in [0, 0.1) is 5.92 Å². The van der Waals surface area contributed by atoms with Crippen molar-refractivity contribution in [2.75, 3.05) is 13.1 Å². The summed E-state index contributed by atoms with van der Waals surface area (Å²) in [6, 6.07) is 0.237. The maximum Gasteiger partial charge on any atom is 0.221 e. The van der Waals surface area contributed by atoms with Crippen molar-refractivity contribution in [3.8, 4) is 0 Å². The second kappa shape index (κ2) is 5.83. The molecule has 0 saturated carbocycles. The minimum Gasteiger partial charge on any atom is -0.375 e. The van der Waals surface area contributed by atoms with Gasteiger partial charge in [0.1, 0.15) is 0 Å². The van der Waals surface area contributed by atoms with Gasteiger partial charge in [-0.15, -0.1) is 0 Å². The van der Waals surface area contributed by atoms with Gasteiger partial charge in [-0.3, -0.25) is 4.79 Å². The molecule has 2 aliphatic heterocycles. The Morgan fingerprint density at radius 3 is 2.82 bits per heavy atom. The van der Waals surface area contributed by atoms with Crippen LogP contribution in [0.5, 0.6) is 0 Å². The highest BCUT2D eigenvalue weighted by atomic mass is 16.5. The summed E-state index contributed by atoms with van der Waals surface area (Å²) in [4.78, 5) is 11.4. The van der Waals surface area contributed by atoms with Crippen molar-refractivity contribution in [2.45, 2.75) is 57.8 Å². The van der Waals surface area contributed by atoms with Crippen LogP contribution in [0.3, 0.4) is 0 Å². The lowest BCUT2D eigenvalue weighted by atomic mass is 9.89. The number of carbonyl (C=O) groups is 1. The van der Waals surface area contributed by atoms with Gasteiger partial charge in [0.25, 0.3) is 0 Å². The van der Waals surface area contributed by atoms with Crippen LogP contribution in [0.2, 0.25) is 0 Å². The minimum absolute atomic E-state index is 0.136. The van der Waals surface area contributed by atoms with Crippen molar-refractivity contribution >= 4 is 5.91 Å². The number of carbonyl (C=O) groups excluding carboxylic acids is 1. The Kier molecular flexibility index (Phi) is 4.40. The molecule has 2 rings (SSSR count). The fourth-order valence-corrected chi connectivity index (χ4v) is 2.84. The normalized spacial score (nSPS) is 31.1. The van der Waals surface area contributed by atoms with E-state index in [1.54, 1.807) is 0 Å². The molecule has 1 amide bonds. The quantitative estimate of drug-likeness (QED) is 0.683. The average molecular weight is 240 g/mol. The zero-order valence-electron chi connectivity index (χ0n) is 10.9. The van der Waals surface area contributed by atoms with Gasteiger partial charge < -0.3 is 15.4 Å². The van der Waals surface area contributed by atoms with E-state index in [2.05, 4.69) is 10.6 Å². The minimum atomic E-state index is 0.136. The predicted molar refractivity (Wildman–Crippen MR) is 66.8 cm³/mol. The van der Waals surface area contributed by atoms with E-state index in [9.17, 15) is 4.79 Å². The third-order valence-corrected chi connectivity index (χ3v) is 3.62. The van der Waals surface area contributed by atoms with Crippen molar-refractivity contribution in [2.24, 2.45) is 5.92 Å². The summed E-state index contributed by atoms with van der Waals surface area (Å²) in [6.45, 7) is 5.73. The number of hydrogen-bond donors (Lipinski definition) is 2. The number of fused-ring (bicyclic) bond motifs is 2. The SMILES string of the molecule is CC(C)NC(=O)CCNCC1CC2CCC1O2. The summed E-state index contributed by atoms with van der Waals surface area (Å²) >= 11 is 0. The van der Waals surface area contributed by atoms with Crippen LogP contribution in [-0.4, -0.2) is 37.2 Å². The lowest BCUT2D eigenvalue weighted by Crippen LogP contribution is -2.35. The first kappa shape index (κ1) is 12.8. The molecular formula is C13H24N2O2. The third kappa shape index (κ3) is 3.68. The number of rotatable bonds is 6. The molecule has 0 spiro atoms. The molecular weight excluding hydrogens is 216 g/mol. The van der Waals surface area contributed by atoms with Gasteiger partial charge in [-0.1, -0.05) is 0 Å². The Hall–Kier alpha value is -0.610. The molecule has 2 aliphatic rings. The Morgan fingerprint density at radius 1 is 1.41 bits per heavy atom. The third-order valence-electron chi connectivity index (χ3n) is 3.62. The maximum absolute atomic E-state index is 11.4. The molecule has 4 heteroatoms. The predicted octanol–water partition coefficient (Wildman–Crippen LogP) is 1.06. The molecule has 2 bridgehead atoms. The molecule has 98 valence electrons. The van der Waals surface area contributed by atoms with Crippen molar-refractivity contribution in [1.29, 1.82) is 0 Å². The van der Waals surface area contributed by atoms with E-state index >= 15 is 0 Å². The molecule has 2 heterocycles. The molecule has 2 fully saturated rings. The van der Waals surface area contributed by atoms with Crippen LogP contribution in [0.15, 0.2) is 0 Å². The topological polar surface area (TPSA) is 50.4 Å². The van der Waals surface area contributed by atoms with Crippen molar-refractivity contribution in [3.05, 3.63) is 0 Å². The second-order valence-corrected chi connectivity index (χ2v) is 5.55. The van der Waals surface area contributed by atoms with Gasteiger partial charge >= 0.3 is 0 Å². The van der Waals surface area contributed by atoms with E-state index < -0.39 is 0 Å². The smallest absolute Gasteiger partial charge is 0.221 e. The van der Waals surface area contributed by atoms with Crippen LogP contribution in [0.4, 0.5) is 0 Å². The monoisotopic (exact) mass is 240 g/mol. The van der Waals surface area contributed by atoms with Crippen molar-refractivity contribution < 1.29 is 9.53 Å². The van der Waals surface area contributed by atoms with Crippen LogP contribution in [0.25, 0.3) is 0 Å². The zero-order chi connectivity index (χ0) is 12.3. The maximum atomic E-state index is 11.4. The van der Waals surface area contributed by atoms with Gasteiger partial charge in [-0.2, -0.15) is 0 Å². The number of amides is 1. The molecule has 4 nitrogen and oxygen atoms in total. The van der Waals surface area contributed by atoms with E-state index in [0.29, 0.717) is 24.5 Å². The Balaban J connectivity index is 1.53. The van der Waals surface area contributed by atoms with Gasteiger partial charge in [0, 0.05) is 31.5 Å². The summed E-state index contributed by atoms with van der Waals surface area (Å²) in [7, 11) is 0. The molecule has 0 radical (unpaired) electrons. The molecule has 17 heavy (non-hydrogen) atoms. The van der Waals surface area contributed by atoms with E-state index in [-0.39, 0.29) is 11.9 Å². The molecule has 0 aromatic carbocycles. The van der Waals surface area contributed by atoms with Gasteiger partial charge in [-0.25, -0.2) is 0 Å². The van der Waals surface area contributed by atoms with Crippen LogP contribution in [-0.2, 0) is 9.53 Å². The van der Waals surface area contributed by atoms with Gasteiger partial charge in [0.2, 0.25) is 5.91 Å². The molecule has 2 N–H and O–H groups in total. The molecule has 0 aliphatic carbocycles. The average Bonchev–Trinajstić information content (AvgIpc) is 2.85. The Labute approximate surface area is 103 Å². The largest absolute Gasteiger partial charge is 0.375 e. The lowest BCUT2D eigenvalue weighted by molar-refractivity contribution is -0.121. The summed E-state index contributed by atoms with van der Waals surface area (Å²) in [5.74, 6) is 0.804. The Morgan fingerprint density at radius 2 is 2.24 bits per heavy atom. The number of nitrogens with one attached hydrogen (secondary N) is 2. The van der Waals surface area contributed by atoms with Gasteiger partial charge in [0.05, 0.1) is 12.2 Å². The van der Waals surface area contributed by atoms with Gasteiger partial charge in [0.15, 0.2) is 0 Å². The van der Waals surface area contributed by atoms with Crippen LogP contribution < -0.4 is 10.6 Å². The van der Waals surface area contributed by atoms with E-state index in [0.717, 1.165) is 13.1 Å². The molecule has 3 unspecified atom stereocenters. The highest BCUT2D eigenvalue weighted by Gasteiger charge is 2.40. The van der Waals surface area contributed by atoms with Crippen molar-refractivity contribution in [3.63, 3.8) is 0 Å². The summed E-state index contributed by atoms with van der Waals surface area (Å²) in [5.41, 5.74) is 0. The fourth-order valence-electron chi connectivity index (χ4n) is 2.84. The molecule has 2 saturated heterocycles. The van der Waals surface area contributed by atoms with Gasteiger partial charge in [-0.05, 0) is 33.1 Å². The molecule has 0 aromatic rings. The first-order valence-electron chi connectivity index (χ1n) is 6.80. The number of hydrogen-bond acceptors (Lipinski definition) is 3. The first-order valence-corrected chi connectivity index (χ1v) is 6.80. The lowest BCUT2D eigenvalue weighted by Gasteiger charge is -2.18.